The molecular formula is C14H19FN2O. The van der Waals surface area contributed by atoms with Gasteiger partial charge < -0.3 is 10.6 Å². The van der Waals surface area contributed by atoms with Crippen LogP contribution >= 0.6 is 0 Å². The first-order chi connectivity index (χ1) is 8.68. The van der Waals surface area contributed by atoms with Crippen LogP contribution in [0.25, 0.3) is 0 Å². The highest BCUT2D eigenvalue weighted by molar-refractivity contribution is 5.79. The third-order valence-corrected chi connectivity index (χ3v) is 3.56. The first kappa shape index (κ1) is 13.0. The second kappa shape index (κ2) is 5.48. The Balaban J connectivity index is 2.27. The number of halogens is 1. The quantitative estimate of drug-likeness (QED) is 0.857. The maximum absolute atomic E-state index is 14.0. The van der Waals surface area contributed by atoms with E-state index in [2.05, 4.69) is 10.6 Å². The Morgan fingerprint density at radius 2 is 2.00 bits per heavy atom. The van der Waals surface area contributed by atoms with Crippen LogP contribution < -0.4 is 10.6 Å². The molecule has 98 valence electrons. The Morgan fingerprint density at radius 3 is 2.61 bits per heavy atom. The smallest absolute Gasteiger partial charge is 0.234 e. The SMILES string of the molecule is CNCC(=O)NC1(c2ccccc2F)CCCC1. The molecule has 0 aromatic heterocycles. The predicted molar refractivity (Wildman–Crippen MR) is 68.6 cm³/mol. The Morgan fingerprint density at radius 1 is 1.33 bits per heavy atom. The monoisotopic (exact) mass is 250 g/mol. The van der Waals surface area contributed by atoms with Gasteiger partial charge in [-0.3, -0.25) is 4.79 Å². The largest absolute Gasteiger partial charge is 0.345 e. The van der Waals surface area contributed by atoms with Crippen LogP contribution in [0.4, 0.5) is 4.39 Å². The average molecular weight is 250 g/mol. The Bertz CT molecular complexity index is 428. The van der Waals surface area contributed by atoms with Crippen LogP contribution in [0.15, 0.2) is 24.3 Å². The highest BCUT2D eigenvalue weighted by Gasteiger charge is 2.38. The molecule has 3 nitrogen and oxygen atoms in total. The Hall–Kier alpha value is -1.42. The summed E-state index contributed by atoms with van der Waals surface area (Å²) in [7, 11) is 1.73. The van der Waals surface area contributed by atoms with E-state index in [-0.39, 0.29) is 18.3 Å². The lowest BCUT2D eigenvalue weighted by Gasteiger charge is -2.31. The molecule has 0 aliphatic heterocycles. The number of carbonyl (C=O) groups is 1. The molecule has 1 saturated carbocycles. The van der Waals surface area contributed by atoms with E-state index in [1.165, 1.54) is 6.07 Å². The molecule has 0 bridgehead atoms. The zero-order chi connectivity index (χ0) is 13.0. The molecule has 0 unspecified atom stereocenters. The van der Waals surface area contributed by atoms with Gasteiger partial charge in [0.2, 0.25) is 5.91 Å². The van der Waals surface area contributed by atoms with Crippen LogP contribution in [0.1, 0.15) is 31.2 Å². The molecule has 1 aliphatic rings. The second-order valence-electron chi connectivity index (χ2n) is 4.85. The maximum Gasteiger partial charge on any atom is 0.234 e. The fraction of sp³-hybridized carbons (Fsp3) is 0.500. The Labute approximate surface area is 107 Å². The predicted octanol–water partition coefficient (Wildman–Crippen LogP) is 1.93. The summed E-state index contributed by atoms with van der Waals surface area (Å²) in [6.45, 7) is 0.260. The minimum absolute atomic E-state index is 0.0809. The van der Waals surface area contributed by atoms with E-state index in [0.717, 1.165) is 25.7 Å². The van der Waals surface area contributed by atoms with Gasteiger partial charge in [-0.2, -0.15) is 0 Å². The standard InChI is InChI=1S/C14H19FN2O/c1-16-10-13(18)17-14(8-4-5-9-14)11-6-2-3-7-12(11)15/h2-3,6-7,16H,4-5,8-10H2,1H3,(H,17,18). The van der Waals surface area contributed by atoms with Crippen molar-refractivity contribution in [1.29, 1.82) is 0 Å². The lowest BCUT2D eigenvalue weighted by Crippen LogP contribution is -2.47. The summed E-state index contributed by atoms with van der Waals surface area (Å²) in [5.74, 6) is -0.313. The average Bonchev–Trinajstić information content (AvgIpc) is 2.79. The zero-order valence-corrected chi connectivity index (χ0v) is 10.6. The zero-order valence-electron chi connectivity index (χ0n) is 10.6. The number of likely N-dealkylation sites (N-methyl/N-ethyl adjacent to an activating group) is 1. The molecule has 1 aromatic rings. The summed E-state index contributed by atoms with van der Waals surface area (Å²) in [4.78, 5) is 11.8. The molecule has 0 atom stereocenters. The lowest BCUT2D eigenvalue weighted by molar-refractivity contribution is -0.122. The molecule has 0 spiro atoms. The number of nitrogens with one attached hydrogen (secondary N) is 2. The minimum atomic E-state index is -0.515. The summed E-state index contributed by atoms with van der Waals surface area (Å²) in [6, 6.07) is 6.74. The molecule has 1 amide bonds. The van der Waals surface area contributed by atoms with Crippen molar-refractivity contribution < 1.29 is 9.18 Å². The summed E-state index contributed by atoms with van der Waals surface area (Å²) in [6.07, 6.45) is 3.66. The van der Waals surface area contributed by atoms with E-state index in [1.807, 2.05) is 6.07 Å². The van der Waals surface area contributed by atoms with Gasteiger partial charge in [-0.25, -0.2) is 4.39 Å². The number of hydrogen-bond acceptors (Lipinski definition) is 2. The van der Waals surface area contributed by atoms with Crippen molar-refractivity contribution in [2.45, 2.75) is 31.2 Å². The summed E-state index contributed by atoms with van der Waals surface area (Å²) >= 11 is 0. The first-order valence-corrected chi connectivity index (χ1v) is 6.38. The van der Waals surface area contributed by atoms with Crippen LogP contribution in [0.2, 0.25) is 0 Å². The normalized spacial score (nSPS) is 17.7. The van der Waals surface area contributed by atoms with Crippen molar-refractivity contribution in [2.75, 3.05) is 13.6 Å². The topological polar surface area (TPSA) is 41.1 Å². The van der Waals surface area contributed by atoms with Gasteiger partial charge >= 0.3 is 0 Å². The first-order valence-electron chi connectivity index (χ1n) is 6.38. The van der Waals surface area contributed by atoms with Crippen molar-refractivity contribution in [3.8, 4) is 0 Å². The highest BCUT2D eigenvalue weighted by atomic mass is 19.1. The molecule has 2 rings (SSSR count). The lowest BCUT2D eigenvalue weighted by atomic mass is 9.87. The molecule has 2 N–H and O–H groups in total. The third kappa shape index (κ3) is 2.53. The van der Waals surface area contributed by atoms with Gasteiger partial charge in [-0.1, -0.05) is 31.0 Å². The highest BCUT2D eigenvalue weighted by Crippen LogP contribution is 2.39. The van der Waals surface area contributed by atoms with E-state index in [9.17, 15) is 9.18 Å². The third-order valence-electron chi connectivity index (χ3n) is 3.56. The van der Waals surface area contributed by atoms with Crippen LogP contribution in [-0.2, 0) is 10.3 Å². The van der Waals surface area contributed by atoms with Gasteiger partial charge in [0.15, 0.2) is 0 Å². The summed E-state index contributed by atoms with van der Waals surface area (Å²) in [5.41, 5.74) is 0.103. The fourth-order valence-corrected chi connectivity index (χ4v) is 2.76. The van der Waals surface area contributed by atoms with Gasteiger partial charge in [0.25, 0.3) is 0 Å². The molecule has 18 heavy (non-hydrogen) atoms. The van der Waals surface area contributed by atoms with E-state index in [0.29, 0.717) is 5.56 Å². The van der Waals surface area contributed by atoms with E-state index < -0.39 is 5.54 Å². The molecule has 0 heterocycles. The molecule has 1 aromatic carbocycles. The van der Waals surface area contributed by atoms with Crippen LogP contribution in [-0.4, -0.2) is 19.5 Å². The summed E-state index contributed by atoms with van der Waals surface area (Å²) < 4.78 is 14.0. The van der Waals surface area contributed by atoms with Gasteiger partial charge in [0.05, 0.1) is 12.1 Å². The number of carbonyl (C=O) groups excluding carboxylic acids is 1. The van der Waals surface area contributed by atoms with E-state index in [4.69, 9.17) is 0 Å². The Kier molecular flexibility index (Phi) is 3.97. The van der Waals surface area contributed by atoms with Crippen molar-refractivity contribution in [2.24, 2.45) is 0 Å². The number of amides is 1. The van der Waals surface area contributed by atoms with Gasteiger partial charge in [0, 0.05) is 5.56 Å². The van der Waals surface area contributed by atoms with Gasteiger partial charge in [-0.15, -0.1) is 0 Å². The van der Waals surface area contributed by atoms with Gasteiger partial charge in [0.1, 0.15) is 5.82 Å². The summed E-state index contributed by atoms with van der Waals surface area (Å²) in [5, 5.41) is 5.83. The molecule has 1 aliphatic carbocycles. The number of rotatable bonds is 4. The van der Waals surface area contributed by atoms with Gasteiger partial charge in [-0.05, 0) is 26.0 Å². The van der Waals surface area contributed by atoms with Crippen LogP contribution in [0.5, 0.6) is 0 Å². The molecule has 4 heteroatoms. The van der Waals surface area contributed by atoms with Crippen molar-refractivity contribution in [1.82, 2.24) is 10.6 Å². The molecular weight excluding hydrogens is 231 g/mol. The second-order valence-corrected chi connectivity index (χ2v) is 4.85. The number of benzene rings is 1. The molecule has 1 fully saturated rings. The van der Waals surface area contributed by atoms with E-state index >= 15 is 0 Å². The van der Waals surface area contributed by atoms with Crippen LogP contribution in [0, 0.1) is 5.82 Å². The fourth-order valence-electron chi connectivity index (χ4n) is 2.76. The maximum atomic E-state index is 14.0. The van der Waals surface area contributed by atoms with Crippen molar-refractivity contribution >= 4 is 5.91 Å². The van der Waals surface area contributed by atoms with Crippen molar-refractivity contribution in [3.63, 3.8) is 0 Å². The van der Waals surface area contributed by atoms with E-state index in [1.54, 1.807) is 19.2 Å². The minimum Gasteiger partial charge on any atom is -0.345 e. The number of hydrogen-bond donors (Lipinski definition) is 2. The van der Waals surface area contributed by atoms with Crippen LogP contribution in [0.3, 0.4) is 0 Å². The molecule has 0 saturated heterocycles. The van der Waals surface area contributed by atoms with Crippen molar-refractivity contribution in [3.05, 3.63) is 35.6 Å². The molecule has 0 radical (unpaired) electrons.